The number of hydrogen-bond donors (Lipinski definition) is 3. The van der Waals surface area contributed by atoms with Crippen molar-refractivity contribution in [1.29, 1.82) is 0 Å². The predicted octanol–water partition coefficient (Wildman–Crippen LogP) is 2.79. The van der Waals surface area contributed by atoms with Gasteiger partial charge in [0.1, 0.15) is 0 Å². The van der Waals surface area contributed by atoms with Gasteiger partial charge < -0.3 is 21.1 Å². The maximum atomic E-state index is 9.89. The van der Waals surface area contributed by atoms with Crippen LogP contribution in [-0.2, 0) is 6.61 Å². The zero-order valence-corrected chi connectivity index (χ0v) is 15.2. The van der Waals surface area contributed by atoms with Crippen LogP contribution in [0.3, 0.4) is 0 Å². The van der Waals surface area contributed by atoms with Crippen LogP contribution in [0.5, 0.6) is 0 Å². The molecule has 0 saturated carbocycles. The Bertz CT molecular complexity index is 802. The number of halogens is 2. The molecule has 2 unspecified atom stereocenters. The standard InChI is InChI=1S/C18H20Cl2N4O/c19-13-3-1-2-12(17(13)20)15-4-14(21)18(16(9-25)23-15)24-7-10-5-22-6-11(10)8-24/h1-4,10-11,22,25H,5-9H2,(H2,21,23). The van der Waals surface area contributed by atoms with Gasteiger partial charge in [-0.2, -0.15) is 0 Å². The molecular weight excluding hydrogens is 359 g/mol. The highest BCUT2D eigenvalue weighted by molar-refractivity contribution is 6.43. The third-order valence-corrected chi connectivity index (χ3v) is 6.00. The number of hydrogen-bond acceptors (Lipinski definition) is 5. The fourth-order valence-corrected chi connectivity index (χ4v) is 4.36. The van der Waals surface area contributed by atoms with Crippen molar-refractivity contribution in [3.05, 3.63) is 40.0 Å². The summed E-state index contributed by atoms with van der Waals surface area (Å²) in [5.74, 6) is 1.26. The molecule has 0 radical (unpaired) electrons. The molecule has 2 aliphatic rings. The molecule has 0 spiro atoms. The van der Waals surface area contributed by atoms with Gasteiger partial charge in [0.2, 0.25) is 0 Å². The lowest BCUT2D eigenvalue weighted by Crippen LogP contribution is -2.27. The van der Waals surface area contributed by atoms with Crippen LogP contribution in [0.1, 0.15) is 5.69 Å². The van der Waals surface area contributed by atoms with Crippen LogP contribution in [0.25, 0.3) is 11.3 Å². The summed E-state index contributed by atoms with van der Waals surface area (Å²) in [6, 6.07) is 7.22. The van der Waals surface area contributed by atoms with E-state index in [4.69, 9.17) is 28.9 Å². The average Bonchev–Trinajstić information content (AvgIpc) is 3.18. The van der Waals surface area contributed by atoms with Gasteiger partial charge in [-0.05, 0) is 24.0 Å². The van der Waals surface area contributed by atoms with Crippen molar-refractivity contribution in [2.75, 3.05) is 36.8 Å². The average molecular weight is 379 g/mol. The summed E-state index contributed by atoms with van der Waals surface area (Å²) in [6.07, 6.45) is 0. The minimum Gasteiger partial charge on any atom is -0.397 e. The number of fused-ring (bicyclic) bond motifs is 1. The van der Waals surface area contributed by atoms with Crippen LogP contribution in [-0.4, -0.2) is 36.3 Å². The van der Waals surface area contributed by atoms with Gasteiger partial charge in [0, 0.05) is 31.7 Å². The van der Waals surface area contributed by atoms with Crippen molar-refractivity contribution in [3.63, 3.8) is 0 Å². The zero-order chi connectivity index (χ0) is 17.6. The van der Waals surface area contributed by atoms with E-state index in [0.717, 1.165) is 31.9 Å². The minimum absolute atomic E-state index is 0.171. The molecule has 2 fully saturated rings. The Balaban J connectivity index is 1.74. The van der Waals surface area contributed by atoms with Crippen LogP contribution in [0.2, 0.25) is 10.0 Å². The maximum Gasteiger partial charge on any atom is 0.0919 e. The fraction of sp³-hybridized carbons (Fsp3) is 0.389. The van der Waals surface area contributed by atoms with Crippen molar-refractivity contribution in [2.45, 2.75) is 6.61 Å². The van der Waals surface area contributed by atoms with Crippen molar-refractivity contribution in [2.24, 2.45) is 11.8 Å². The SMILES string of the molecule is Nc1cc(-c2cccc(Cl)c2Cl)nc(CO)c1N1CC2CNCC2C1. The molecule has 0 aliphatic carbocycles. The summed E-state index contributed by atoms with van der Waals surface area (Å²) in [6.45, 7) is 3.79. The molecule has 25 heavy (non-hydrogen) atoms. The highest BCUT2D eigenvalue weighted by atomic mass is 35.5. The number of aromatic nitrogens is 1. The number of rotatable bonds is 3. The van der Waals surface area contributed by atoms with Gasteiger partial charge in [0.25, 0.3) is 0 Å². The van der Waals surface area contributed by atoms with E-state index in [1.54, 1.807) is 6.07 Å². The second-order valence-electron chi connectivity index (χ2n) is 6.73. The normalized spacial score (nSPS) is 22.4. The molecular formula is C18H20Cl2N4O. The maximum absolute atomic E-state index is 9.89. The van der Waals surface area contributed by atoms with Crippen LogP contribution < -0.4 is 16.0 Å². The van der Waals surface area contributed by atoms with Gasteiger partial charge in [-0.1, -0.05) is 35.3 Å². The van der Waals surface area contributed by atoms with Gasteiger partial charge in [0.15, 0.2) is 0 Å². The Labute approximate surface area is 156 Å². The van der Waals surface area contributed by atoms with E-state index in [2.05, 4.69) is 15.2 Å². The van der Waals surface area contributed by atoms with Crippen LogP contribution in [0.4, 0.5) is 11.4 Å². The summed E-state index contributed by atoms with van der Waals surface area (Å²) < 4.78 is 0. The number of aliphatic hydroxyl groups excluding tert-OH is 1. The first-order chi connectivity index (χ1) is 12.1. The molecule has 4 N–H and O–H groups in total. The molecule has 2 atom stereocenters. The Morgan fingerprint density at radius 3 is 2.64 bits per heavy atom. The predicted molar refractivity (Wildman–Crippen MR) is 102 cm³/mol. The lowest BCUT2D eigenvalue weighted by molar-refractivity contribution is 0.277. The molecule has 2 aliphatic heterocycles. The minimum atomic E-state index is -0.171. The molecule has 3 heterocycles. The largest absolute Gasteiger partial charge is 0.397 e. The number of anilines is 2. The van der Waals surface area contributed by atoms with Crippen LogP contribution in [0.15, 0.2) is 24.3 Å². The number of benzene rings is 1. The van der Waals surface area contributed by atoms with Crippen molar-refractivity contribution >= 4 is 34.6 Å². The van der Waals surface area contributed by atoms with Gasteiger partial charge in [0.05, 0.1) is 39.4 Å². The van der Waals surface area contributed by atoms with E-state index in [1.807, 2.05) is 18.2 Å². The summed E-state index contributed by atoms with van der Waals surface area (Å²) in [7, 11) is 0. The summed E-state index contributed by atoms with van der Waals surface area (Å²) in [4.78, 5) is 6.89. The number of nitrogens with zero attached hydrogens (tertiary/aromatic N) is 2. The summed E-state index contributed by atoms with van der Waals surface area (Å²) in [5.41, 5.74) is 9.74. The first-order valence-electron chi connectivity index (χ1n) is 8.38. The summed E-state index contributed by atoms with van der Waals surface area (Å²) in [5, 5.41) is 14.2. The first kappa shape index (κ1) is 16.9. The van der Waals surface area contributed by atoms with Gasteiger partial charge >= 0.3 is 0 Å². The Hall–Kier alpha value is -1.53. The van der Waals surface area contributed by atoms with Gasteiger partial charge in [-0.25, -0.2) is 4.98 Å². The van der Waals surface area contributed by atoms with E-state index in [9.17, 15) is 5.11 Å². The van der Waals surface area contributed by atoms with Crippen LogP contribution >= 0.6 is 23.2 Å². The monoisotopic (exact) mass is 378 g/mol. The van der Waals surface area contributed by atoms with E-state index in [-0.39, 0.29) is 6.61 Å². The molecule has 4 rings (SSSR count). The lowest BCUT2D eigenvalue weighted by atomic mass is 10.0. The van der Waals surface area contributed by atoms with Gasteiger partial charge in [-0.15, -0.1) is 0 Å². The first-order valence-corrected chi connectivity index (χ1v) is 9.14. The Morgan fingerprint density at radius 1 is 1.24 bits per heavy atom. The molecule has 1 aromatic carbocycles. The third-order valence-electron chi connectivity index (χ3n) is 5.18. The number of nitrogens with one attached hydrogen (secondary N) is 1. The molecule has 2 saturated heterocycles. The fourth-order valence-electron chi connectivity index (χ4n) is 3.97. The Kier molecular flexibility index (Phi) is 4.50. The van der Waals surface area contributed by atoms with E-state index >= 15 is 0 Å². The number of pyridine rings is 1. The molecule has 7 heteroatoms. The number of nitrogens with two attached hydrogens (primary N) is 1. The van der Waals surface area contributed by atoms with Crippen molar-refractivity contribution in [1.82, 2.24) is 10.3 Å². The second kappa shape index (κ2) is 6.65. The number of aliphatic hydroxyl groups is 1. The lowest BCUT2D eigenvalue weighted by Gasteiger charge is -2.24. The quantitative estimate of drug-likeness (QED) is 0.765. The molecule has 0 bridgehead atoms. The van der Waals surface area contributed by atoms with Gasteiger partial charge in [-0.3, -0.25) is 0 Å². The Morgan fingerprint density at radius 2 is 1.96 bits per heavy atom. The van der Waals surface area contributed by atoms with Crippen molar-refractivity contribution in [3.8, 4) is 11.3 Å². The highest BCUT2D eigenvalue weighted by Crippen LogP contribution is 2.39. The van der Waals surface area contributed by atoms with Crippen molar-refractivity contribution < 1.29 is 5.11 Å². The van der Waals surface area contributed by atoms with Crippen LogP contribution in [0, 0.1) is 11.8 Å². The molecule has 2 aromatic rings. The smallest absolute Gasteiger partial charge is 0.0919 e. The molecule has 132 valence electrons. The summed E-state index contributed by atoms with van der Waals surface area (Å²) >= 11 is 12.4. The molecule has 1 aromatic heterocycles. The second-order valence-corrected chi connectivity index (χ2v) is 7.52. The molecule has 0 amide bonds. The highest BCUT2D eigenvalue weighted by Gasteiger charge is 2.37. The zero-order valence-electron chi connectivity index (χ0n) is 13.7. The number of nitrogen functional groups attached to an aromatic ring is 1. The molecule has 5 nitrogen and oxygen atoms in total. The third kappa shape index (κ3) is 2.95. The van der Waals surface area contributed by atoms with E-state index in [1.165, 1.54) is 0 Å². The van der Waals surface area contributed by atoms with E-state index in [0.29, 0.717) is 44.5 Å². The topological polar surface area (TPSA) is 74.4 Å². The van der Waals surface area contributed by atoms with E-state index < -0.39 is 0 Å².